The summed E-state index contributed by atoms with van der Waals surface area (Å²) >= 11 is 0. The minimum Gasteiger partial charge on any atom is -0.211 e. The van der Waals surface area contributed by atoms with Crippen molar-refractivity contribution in [1.29, 1.82) is 0 Å². The Hall–Kier alpha value is -2.30. The van der Waals surface area contributed by atoms with Crippen LogP contribution in [-0.4, -0.2) is 25.0 Å². The molecule has 0 aliphatic heterocycles. The molecule has 72 valence electrons. The molecule has 15 heavy (non-hydrogen) atoms. The van der Waals surface area contributed by atoms with E-state index in [-0.39, 0.29) is 0 Å². The second-order valence-electron chi connectivity index (χ2n) is 3.09. The molecule has 0 aliphatic rings. The number of aromatic nitrogens is 5. The number of hydrogen-bond donors (Lipinski definition) is 0. The first-order chi connectivity index (χ1) is 7.45. The molecule has 5 heteroatoms. The molecular formula is C10H7N5. The molecular weight excluding hydrogens is 190 g/mol. The van der Waals surface area contributed by atoms with E-state index in [4.69, 9.17) is 0 Å². The monoisotopic (exact) mass is 197 g/mol. The molecule has 0 saturated heterocycles. The summed E-state index contributed by atoms with van der Waals surface area (Å²) in [5.74, 6) is 0. The van der Waals surface area contributed by atoms with Crippen LogP contribution in [0.3, 0.4) is 0 Å². The Morgan fingerprint density at radius 1 is 1.00 bits per heavy atom. The highest BCUT2D eigenvalue weighted by atomic mass is 15.4. The molecule has 0 aromatic carbocycles. The standard InChI is InChI=1S/C10H7N5/c1-3-8-7-12-14-15(8)10(5-1)9-4-2-6-11-13-9/h1-7H. The van der Waals surface area contributed by atoms with Gasteiger partial charge in [-0.3, -0.25) is 0 Å². The van der Waals surface area contributed by atoms with Gasteiger partial charge in [-0.1, -0.05) is 11.3 Å². The molecule has 5 nitrogen and oxygen atoms in total. The highest BCUT2D eigenvalue weighted by Crippen LogP contribution is 2.15. The lowest BCUT2D eigenvalue weighted by Gasteiger charge is -2.01. The summed E-state index contributed by atoms with van der Waals surface area (Å²) in [6.07, 6.45) is 3.35. The van der Waals surface area contributed by atoms with Crippen molar-refractivity contribution in [2.75, 3.05) is 0 Å². The Morgan fingerprint density at radius 3 is 2.87 bits per heavy atom. The number of rotatable bonds is 1. The van der Waals surface area contributed by atoms with Gasteiger partial charge in [0.05, 0.1) is 17.4 Å². The lowest BCUT2D eigenvalue weighted by molar-refractivity contribution is 0.854. The average molecular weight is 197 g/mol. The van der Waals surface area contributed by atoms with Crippen molar-refractivity contribution in [3.63, 3.8) is 0 Å². The Bertz CT molecular complexity index is 587. The third-order valence-corrected chi connectivity index (χ3v) is 2.16. The zero-order valence-electron chi connectivity index (χ0n) is 7.78. The van der Waals surface area contributed by atoms with Gasteiger partial charge >= 0.3 is 0 Å². The molecule has 3 aromatic heterocycles. The van der Waals surface area contributed by atoms with Gasteiger partial charge in [0.1, 0.15) is 5.69 Å². The number of fused-ring (bicyclic) bond motifs is 1. The molecule has 0 bridgehead atoms. The van der Waals surface area contributed by atoms with Gasteiger partial charge in [0.25, 0.3) is 0 Å². The molecule has 3 heterocycles. The fraction of sp³-hybridized carbons (Fsp3) is 0. The third kappa shape index (κ3) is 1.25. The molecule has 0 saturated carbocycles. The molecule has 0 atom stereocenters. The molecule has 0 amide bonds. The van der Waals surface area contributed by atoms with Gasteiger partial charge in [-0.05, 0) is 24.3 Å². The summed E-state index contributed by atoms with van der Waals surface area (Å²) < 4.78 is 1.74. The molecule has 0 radical (unpaired) electrons. The Morgan fingerprint density at radius 2 is 2.00 bits per heavy atom. The van der Waals surface area contributed by atoms with E-state index in [0.29, 0.717) is 0 Å². The maximum absolute atomic E-state index is 4.04. The zero-order valence-corrected chi connectivity index (χ0v) is 7.78. The fourth-order valence-electron chi connectivity index (χ4n) is 1.48. The Kier molecular flexibility index (Phi) is 1.68. The zero-order chi connectivity index (χ0) is 10.1. The van der Waals surface area contributed by atoms with Crippen LogP contribution in [0.25, 0.3) is 16.9 Å². The lowest BCUT2D eigenvalue weighted by atomic mass is 10.2. The predicted molar refractivity (Wildman–Crippen MR) is 54.0 cm³/mol. The molecule has 3 aromatic rings. The first kappa shape index (κ1) is 8.05. The normalized spacial score (nSPS) is 10.7. The smallest absolute Gasteiger partial charge is 0.111 e. The maximum Gasteiger partial charge on any atom is 0.111 e. The molecule has 0 spiro atoms. The Balaban J connectivity index is 2.31. The summed E-state index contributed by atoms with van der Waals surface area (Å²) in [7, 11) is 0. The third-order valence-electron chi connectivity index (χ3n) is 2.16. The highest BCUT2D eigenvalue weighted by molar-refractivity contribution is 5.59. The quantitative estimate of drug-likeness (QED) is 0.588. The van der Waals surface area contributed by atoms with Crippen LogP contribution in [0.5, 0.6) is 0 Å². The van der Waals surface area contributed by atoms with E-state index in [1.54, 1.807) is 16.9 Å². The molecule has 0 unspecified atom stereocenters. The maximum atomic E-state index is 4.04. The van der Waals surface area contributed by atoms with Gasteiger partial charge in [-0.25, -0.2) is 4.52 Å². The van der Waals surface area contributed by atoms with E-state index in [0.717, 1.165) is 16.9 Å². The average Bonchev–Trinajstić information content (AvgIpc) is 2.78. The van der Waals surface area contributed by atoms with Crippen molar-refractivity contribution in [1.82, 2.24) is 25.0 Å². The van der Waals surface area contributed by atoms with Crippen LogP contribution < -0.4 is 0 Å². The summed E-state index contributed by atoms with van der Waals surface area (Å²) in [6.45, 7) is 0. The number of hydrogen-bond acceptors (Lipinski definition) is 4. The van der Waals surface area contributed by atoms with Crippen molar-refractivity contribution in [2.45, 2.75) is 0 Å². The second kappa shape index (κ2) is 3.13. The van der Waals surface area contributed by atoms with Crippen molar-refractivity contribution in [3.05, 3.63) is 42.7 Å². The van der Waals surface area contributed by atoms with E-state index < -0.39 is 0 Å². The topological polar surface area (TPSA) is 56.0 Å². The van der Waals surface area contributed by atoms with Crippen molar-refractivity contribution in [3.8, 4) is 11.4 Å². The lowest BCUT2D eigenvalue weighted by Crippen LogP contribution is -1.96. The van der Waals surface area contributed by atoms with Crippen LogP contribution in [-0.2, 0) is 0 Å². The molecule has 0 fully saturated rings. The minimum absolute atomic E-state index is 0.786. The van der Waals surface area contributed by atoms with Crippen LogP contribution >= 0.6 is 0 Å². The summed E-state index contributed by atoms with van der Waals surface area (Å²) in [5, 5.41) is 15.7. The summed E-state index contributed by atoms with van der Waals surface area (Å²) in [6, 6.07) is 9.57. The first-order valence-corrected chi connectivity index (χ1v) is 4.53. The SMILES string of the molecule is c1cnnc(-c2cccc3cnnn23)c1. The van der Waals surface area contributed by atoms with Crippen LogP contribution in [0.1, 0.15) is 0 Å². The van der Waals surface area contributed by atoms with Gasteiger partial charge < -0.3 is 0 Å². The van der Waals surface area contributed by atoms with Gasteiger partial charge in [-0.2, -0.15) is 5.10 Å². The molecule has 3 rings (SSSR count). The Labute approximate surface area is 85.4 Å². The predicted octanol–water partition coefficient (Wildman–Crippen LogP) is 1.19. The fourth-order valence-corrected chi connectivity index (χ4v) is 1.48. The first-order valence-electron chi connectivity index (χ1n) is 4.53. The molecule has 0 N–H and O–H groups in total. The minimum atomic E-state index is 0.786. The van der Waals surface area contributed by atoms with Gasteiger partial charge in [0, 0.05) is 6.20 Å². The van der Waals surface area contributed by atoms with Crippen molar-refractivity contribution < 1.29 is 0 Å². The van der Waals surface area contributed by atoms with E-state index >= 15 is 0 Å². The summed E-state index contributed by atoms with van der Waals surface area (Å²) in [4.78, 5) is 0. The van der Waals surface area contributed by atoms with E-state index in [9.17, 15) is 0 Å². The van der Waals surface area contributed by atoms with Crippen LogP contribution in [0.4, 0.5) is 0 Å². The second-order valence-corrected chi connectivity index (χ2v) is 3.09. The van der Waals surface area contributed by atoms with E-state index in [2.05, 4.69) is 20.5 Å². The van der Waals surface area contributed by atoms with Crippen LogP contribution in [0, 0.1) is 0 Å². The van der Waals surface area contributed by atoms with Gasteiger partial charge in [0.2, 0.25) is 0 Å². The largest absolute Gasteiger partial charge is 0.211 e. The van der Waals surface area contributed by atoms with Crippen LogP contribution in [0.15, 0.2) is 42.7 Å². The number of nitrogens with zero attached hydrogens (tertiary/aromatic N) is 5. The van der Waals surface area contributed by atoms with Gasteiger partial charge in [0.15, 0.2) is 0 Å². The van der Waals surface area contributed by atoms with E-state index in [1.165, 1.54) is 0 Å². The van der Waals surface area contributed by atoms with Crippen LogP contribution in [0.2, 0.25) is 0 Å². The molecule has 0 aliphatic carbocycles. The van der Waals surface area contributed by atoms with Crippen molar-refractivity contribution >= 4 is 5.52 Å². The van der Waals surface area contributed by atoms with Crippen molar-refractivity contribution in [2.24, 2.45) is 0 Å². The highest BCUT2D eigenvalue weighted by Gasteiger charge is 2.04. The van der Waals surface area contributed by atoms with Gasteiger partial charge in [-0.15, -0.1) is 10.2 Å². The van der Waals surface area contributed by atoms with E-state index in [1.807, 2.05) is 30.3 Å². The summed E-state index contributed by atoms with van der Waals surface area (Å²) in [5.41, 5.74) is 2.62. The number of pyridine rings is 1.